The van der Waals surface area contributed by atoms with Gasteiger partial charge >= 0.3 is 0 Å². The summed E-state index contributed by atoms with van der Waals surface area (Å²) >= 11 is 3.53. The molecule has 1 heterocycles. The Morgan fingerprint density at radius 3 is 3.00 bits per heavy atom. The van der Waals surface area contributed by atoms with Gasteiger partial charge in [0.15, 0.2) is 0 Å². The molecule has 0 amide bonds. The van der Waals surface area contributed by atoms with Crippen molar-refractivity contribution in [1.29, 1.82) is 0 Å². The zero-order valence-corrected chi connectivity index (χ0v) is 12.8. The van der Waals surface area contributed by atoms with Crippen LogP contribution in [-0.4, -0.2) is 17.9 Å². The Morgan fingerprint density at radius 1 is 1.37 bits per heavy atom. The van der Waals surface area contributed by atoms with Crippen molar-refractivity contribution in [3.8, 4) is 5.75 Å². The van der Waals surface area contributed by atoms with Gasteiger partial charge in [0.25, 0.3) is 0 Å². The van der Waals surface area contributed by atoms with Crippen LogP contribution in [0.25, 0.3) is 0 Å². The molecule has 0 bridgehead atoms. The fraction of sp³-hybridized carbons (Fsp3) is 0.533. The fourth-order valence-corrected chi connectivity index (χ4v) is 3.23. The predicted octanol–water partition coefficient (Wildman–Crippen LogP) is 4.14. The number of oxime groups is 1. The van der Waals surface area contributed by atoms with Gasteiger partial charge in [-0.15, -0.1) is 0 Å². The minimum absolute atomic E-state index is 0.155. The molecule has 1 aromatic carbocycles. The quantitative estimate of drug-likeness (QED) is 0.837. The first-order valence-corrected chi connectivity index (χ1v) is 7.64. The molecule has 0 spiro atoms. The van der Waals surface area contributed by atoms with Crippen LogP contribution in [0.5, 0.6) is 5.75 Å². The lowest BCUT2D eigenvalue weighted by molar-refractivity contribution is 0.0746. The summed E-state index contributed by atoms with van der Waals surface area (Å²) in [4.78, 5) is 5.56. The number of hydrogen-bond donors (Lipinski definition) is 0. The highest BCUT2D eigenvalue weighted by Gasteiger charge is 2.39. The molecule has 1 aliphatic heterocycles. The monoisotopic (exact) mass is 323 g/mol. The molecular weight excluding hydrogens is 306 g/mol. The molecule has 0 saturated heterocycles. The summed E-state index contributed by atoms with van der Waals surface area (Å²) in [5.74, 6) is 1.33. The van der Waals surface area contributed by atoms with Gasteiger partial charge in [0.2, 0.25) is 0 Å². The highest BCUT2D eigenvalue weighted by Crippen LogP contribution is 2.39. The van der Waals surface area contributed by atoms with Crippen LogP contribution in [0.15, 0.2) is 27.8 Å². The maximum atomic E-state index is 5.90. The Hall–Kier alpha value is -1.03. The van der Waals surface area contributed by atoms with Gasteiger partial charge in [-0.1, -0.05) is 21.1 Å². The molecule has 2 atom stereocenters. The van der Waals surface area contributed by atoms with Crippen LogP contribution in [0.3, 0.4) is 0 Å². The molecule has 19 heavy (non-hydrogen) atoms. The Labute approximate surface area is 122 Å². The molecule has 3 nitrogen and oxygen atoms in total. The largest absolute Gasteiger partial charge is 0.490 e. The van der Waals surface area contributed by atoms with E-state index in [4.69, 9.17) is 9.57 Å². The number of nitrogens with zero attached hydrogens (tertiary/aromatic N) is 1. The first-order chi connectivity index (χ1) is 9.15. The second-order valence-electron chi connectivity index (χ2n) is 5.46. The van der Waals surface area contributed by atoms with Gasteiger partial charge in [0, 0.05) is 16.0 Å². The lowest BCUT2D eigenvalue weighted by Gasteiger charge is -2.16. The SMILES string of the molecule is CC(C)Oc1ccc(Br)cc1C1=NOC2CCCC12. The van der Waals surface area contributed by atoms with Crippen LogP contribution in [0.2, 0.25) is 0 Å². The molecule has 0 aromatic heterocycles. The molecule has 1 saturated carbocycles. The van der Waals surface area contributed by atoms with Crippen LogP contribution in [0, 0.1) is 5.92 Å². The van der Waals surface area contributed by atoms with Crippen molar-refractivity contribution in [1.82, 2.24) is 0 Å². The van der Waals surface area contributed by atoms with Crippen molar-refractivity contribution in [3.05, 3.63) is 28.2 Å². The first-order valence-electron chi connectivity index (χ1n) is 6.85. The topological polar surface area (TPSA) is 30.8 Å². The third-order valence-corrected chi connectivity index (χ3v) is 4.16. The van der Waals surface area contributed by atoms with E-state index < -0.39 is 0 Å². The molecule has 1 fully saturated rings. The first kappa shape index (κ1) is 13.0. The highest BCUT2D eigenvalue weighted by atomic mass is 79.9. The third-order valence-electron chi connectivity index (χ3n) is 3.67. The van der Waals surface area contributed by atoms with Gasteiger partial charge in [-0.3, -0.25) is 0 Å². The number of hydrogen-bond acceptors (Lipinski definition) is 3. The van der Waals surface area contributed by atoms with Crippen LogP contribution in [0.1, 0.15) is 38.7 Å². The highest BCUT2D eigenvalue weighted by molar-refractivity contribution is 9.10. The summed E-state index contributed by atoms with van der Waals surface area (Å²) in [6, 6.07) is 6.09. The van der Waals surface area contributed by atoms with Crippen LogP contribution in [0.4, 0.5) is 0 Å². The predicted molar refractivity (Wildman–Crippen MR) is 78.7 cm³/mol. The van der Waals surface area contributed by atoms with Gasteiger partial charge in [-0.25, -0.2) is 0 Å². The van der Waals surface area contributed by atoms with Crippen molar-refractivity contribution in [2.75, 3.05) is 0 Å². The van der Waals surface area contributed by atoms with Gasteiger partial charge in [-0.05, 0) is 51.3 Å². The summed E-state index contributed by atoms with van der Waals surface area (Å²) in [5, 5.41) is 4.32. The molecule has 102 valence electrons. The number of fused-ring (bicyclic) bond motifs is 1. The zero-order chi connectivity index (χ0) is 13.4. The standard InChI is InChI=1S/C15H18BrNO2/c1-9(2)18-13-7-6-10(16)8-12(13)15-11-4-3-5-14(11)19-17-15/h6-9,11,14H,3-5H2,1-2H3. The van der Waals surface area contributed by atoms with E-state index in [1.54, 1.807) is 0 Å². The van der Waals surface area contributed by atoms with E-state index >= 15 is 0 Å². The second-order valence-corrected chi connectivity index (χ2v) is 6.38. The van der Waals surface area contributed by atoms with Gasteiger partial charge in [0.1, 0.15) is 11.9 Å². The lowest BCUT2D eigenvalue weighted by Crippen LogP contribution is -2.19. The average Bonchev–Trinajstić information content (AvgIpc) is 2.93. The van der Waals surface area contributed by atoms with E-state index in [2.05, 4.69) is 27.2 Å². The van der Waals surface area contributed by atoms with Gasteiger partial charge in [0.05, 0.1) is 11.8 Å². The third kappa shape index (κ3) is 2.50. The van der Waals surface area contributed by atoms with Gasteiger partial charge in [-0.2, -0.15) is 0 Å². The Morgan fingerprint density at radius 2 is 2.21 bits per heavy atom. The van der Waals surface area contributed by atoms with E-state index in [0.717, 1.165) is 34.3 Å². The number of benzene rings is 1. The number of halogens is 1. The van der Waals surface area contributed by atoms with Crippen LogP contribution >= 0.6 is 15.9 Å². The normalized spacial score (nSPS) is 25.2. The molecule has 1 aromatic rings. The minimum atomic E-state index is 0.155. The molecule has 2 unspecified atom stereocenters. The van der Waals surface area contributed by atoms with E-state index in [9.17, 15) is 0 Å². The summed E-state index contributed by atoms with van der Waals surface area (Å²) < 4.78 is 6.95. The van der Waals surface area contributed by atoms with E-state index in [1.165, 1.54) is 6.42 Å². The van der Waals surface area contributed by atoms with E-state index in [-0.39, 0.29) is 12.2 Å². The summed E-state index contributed by atoms with van der Waals surface area (Å²) in [6.45, 7) is 4.08. The van der Waals surface area contributed by atoms with Crippen molar-refractivity contribution in [2.24, 2.45) is 11.1 Å². The lowest BCUT2D eigenvalue weighted by atomic mass is 9.94. The summed E-state index contributed by atoms with van der Waals surface area (Å²) in [7, 11) is 0. The maximum absolute atomic E-state index is 5.90. The minimum Gasteiger partial charge on any atom is -0.490 e. The Kier molecular flexibility index (Phi) is 3.52. The van der Waals surface area contributed by atoms with Crippen molar-refractivity contribution in [2.45, 2.75) is 45.3 Å². The number of ether oxygens (including phenoxy) is 1. The summed E-state index contributed by atoms with van der Waals surface area (Å²) in [5.41, 5.74) is 2.12. The van der Waals surface area contributed by atoms with Crippen molar-refractivity contribution in [3.63, 3.8) is 0 Å². The second kappa shape index (κ2) is 5.16. The molecule has 1 aliphatic carbocycles. The molecule has 4 heteroatoms. The smallest absolute Gasteiger partial charge is 0.136 e. The van der Waals surface area contributed by atoms with Crippen LogP contribution < -0.4 is 4.74 Å². The number of rotatable bonds is 3. The Bertz CT molecular complexity index is 513. The molecular formula is C15H18BrNO2. The molecule has 0 N–H and O–H groups in total. The van der Waals surface area contributed by atoms with E-state index in [1.807, 2.05) is 26.0 Å². The molecule has 0 radical (unpaired) electrons. The Balaban J connectivity index is 1.97. The maximum Gasteiger partial charge on any atom is 0.136 e. The van der Waals surface area contributed by atoms with E-state index in [0.29, 0.717) is 5.92 Å². The zero-order valence-electron chi connectivity index (χ0n) is 11.2. The van der Waals surface area contributed by atoms with Crippen molar-refractivity contribution < 1.29 is 9.57 Å². The molecule has 3 rings (SSSR count). The molecule has 2 aliphatic rings. The fourth-order valence-electron chi connectivity index (χ4n) is 2.87. The van der Waals surface area contributed by atoms with Crippen molar-refractivity contribution >= 4 is 21.6 Å². The van der Waals surface area contributed by atoms with Gasteiger partial charge < -0.3 is 9.57 Å². The van der Waals surface area contributed by atoms with Crippen LogP contribution in [-0.2, 0) is 4.84 Å². The average molecular weight is 324 g/mol. The summed E-state index contributed by atoms with van der Waals surface area (Å²) in [6.07, 6.45) is 3.94.